The van der Waals surface area contributed by atoms with E-state index in [0.29, 0.717) is 11.7 Å². The van der Waals surface area contributed by atoms with Gasteiger partial charge in [-0.2, -0.15) is 10.1 Å². The highest BCUT2D eigenvalue weighted by molar-refractivity contribution is 5.69. The maximum atomic E-state index is 4.99. The Morgan fingerprint density at radius 2 is 2.00 bits per heavy atom. The molecule has 0 saturated heterocycles. The molecular formula is C13H12N4O. The van der Waals surface area contributed by atoms with Crippen LogP contribution in [0.4, 0.5) is 0 Å². The second-order valence-corrected chi connectivity index (χ2v) is 4.12. The molecule has 0 N–H and O–H groups in total. The Hall–Kier alpha value is -2.43. The lowest BCUT2D eigenvalue weighted by Gasteiger charge is -1.99. The van der Waals surface area contributed by atoms with Gasteiger partial charge >= 0.3 is 0 Å². The van der Waals surface area contributed by atoms with Crippen molar-refractivity contribution in [2.24, 2.45) is 7.05 Å². The van der Waals surface area contributed by atoms with Gasteiger partial charge in [-0.25, -0.2) is 0 Å². The fourth-order valence-corrected chi connectivity index (χ4v) is 1.82. The van der Waals surface area contributed by atoms with Gasteiger partial charge in [0.2, 0.25) is 11.7 Å². The molecule has 3 aromatic rings. The van der Waals surface area contributed by atoms with Gasteiger partial charge in [0.15, 0.2) is 0 Å². The Bertz CT molecular complexity index is 628. The summed E-state index contributed by atoms with van der Waals surface area (Å²) >= 11 is 0. The zero-order valence-electron chi connectivity index (χ0n) is 10.2. The van der Waals surface area contributed by atoms with Crippen molar-refractivity contribution < 1.29 is 4.52 Å². The molecule has 3 rings (SSSR count). The fraction of sp³-hybridized carbons (Fsp3) is 0.154. The Balaban J connectivity index is 2.04. The molecule has 0 fully saturated rings. The van der Waals surface area contributed by atoms with Crippen LogP contribution < -0.4 is 0 Å². The summed E-state index contributed by atoms with van der Waals surface area (Å²) in [5, 5.41) is 8.09. The number of hydrogen-bond acceptors (Lipinski definition) is 4. The third-order valence-electron chi connectivity index (χ3n) is 2.69. The minimum absolute atomic E-state index is 0.566. The van der Waals surface area contributed by atoms with Crippen LogP contribution in [0.5, 0.6) is 0 Å². The summed E-state index contributed by atoms with van der Waals surface area (Å²) in [6, 6.07) is 8.00. The van der Waals surface area contributed by atoms with E-state index in [1.54, 1.807) is 11.6 Å². The predicted octanol–water partition coefficient (Wildman–Crippen LogP) is 2.45. The second-order valence-electron chi connectivity index (χ2n) is 4.12. The highest BCUT2D eigenvalue weighted by Crippen LogP contribution is 2.24. The van der Waals surface area contributed by atoms with E-state index in [-0.39, 0.29) is 0 Å². The topological polar surface area (TPSA) is 56.7 Å². The molecule has 0 unspecified atom stereocenters. The van der Waals surface area contributed by atoms with Gasteiger partial charge < -0.3 is 4.52 Å². The van der Waals surface area contributed by atoms with Gasteiger partial charge in [-0.1, -0.05) is 23.4 Å². The zero-order chi connectivity index (χ0) is 12.5. The molecule has 1 aromatic carbocycles. The first-order chi connectivity index (χ1) is 8.72. The number of nitrogens with zero attached hydrogens (tertiary/aromatic N) is 4. The van der Waals surface area contributed by atoms with Crippen LogP contribution in [0.1, 0.15) is 5.89 Å². The summed E-state index contributed by atoms with van der Waals surface area (Å²) < 4.78 is 6.77. The normalized spacial score (nSPS) is 10.8. The van der Waals surface area contributed by atoms with Crippen LogP contribution in [-0.2, 0) is 7.05 Å². The van der Waals surface area contributed by atoms with Crippen molar-refractivity contribution in [3.8, 4) is 22.5 Å². The van der Waals surface area contributed by atoms with Crippen LogP contribution in [-0.4, -0.2) is 19.9 Å². The summed E-state index contributed by atoms with van der Waals surface area (Å²) in [7, 11) is 1.90. The Labute approximate surface area is 104 Å². The number of aryl methyl sites for hydroxylation is 2. The molecule has 2 aromatic heterocycles. The van der Waals surface area contributed by atoms with Crippen LogP contribution in [0, 0.1) is 6.92 Å². The molecule has 0 bridgehead atoms. The quantitative estimate of drug-likeness (QED) is 0.690. The summed E-state index contributed by atoms with van der Waals surface area (Å²) in [5.41, 5.74) is 3.09. The van der Waals surface area contributed by atoms with E-state index < -0.39 is 0 Å². The first-order valence-electron chi connectivity index (χ1n) is 5.62. The van der Waals surface area contributed by atoms with Gasteiger partial charge in [-0.15, -0.1) is 0 Å². The molecule has 18 heavy (non-hydrogen) atoms. The molecule has 0 aliphatic heterocycles. The van der Waals surface area contributed by atoms with E-state index >= 15 is 0 Å². The Morgan fingerprint density at radius 3 is 2.67 bits per heavy atom. The zero-order valence-corrected chi connectivity index (χ0v) is 10.2. The number of hydrogen-bond donors (Lipinski definition) is 0. The van der Waals surface area contributed by atoms with Crippen LogP contribution in [0.3, 0.4) is 0 Å². The van der Waals surface area contributed by atoms with Crippen LogP contribution in [0.2, 0.25) is 0 Å². The summed E-state index contributed by atoms with van der Waals surface area (Å²) in [6.45, 7) is 1.78. The standard InChI is InChI=1S/C13H12N4O/c1-9-15-13(16-18-9)11-5-3-4-10(6-11)12-7-14-17(2)8-12/h3-8H,1-2H3. The monoisotopic (exact) mass is 240 g/mol. The van der Waals surface area contributed by atoms with E-state index in [1.165, 1.54) is 0 Å². The molecule has 0 atom stereocenters. The first kappa shape index (κ1) is 10.7. The summed E-state index contributed by atoms with van der Waals surface area (Å²) in [5.74, 6) is 1.18. The molecule has 0 amide bonds. The number of benzene rings is 1. The average Bonchev–Trinajstić information content (AvgIpc) is 2.98. The highest BCUT2D eigenvalue weighted by Gasteiger charge is 2.07. The van der Waals surface area contributed by atoms with Crippen molar-refractivity contribution in [3.63, 3.8) is 0 Å². The predicted molar refractivity (Wildman–Crippen MR) is 66.7 cm³/mol. The summed E-state index contributed by atoms with van der Waals surface area (Å²) in [4.78, 5) is 4.22. The third-order valence-corrected chi connectivity index (χ3v) is 2.69. The van der Waals surface area contributed by atoms with Crippen LogP contribution in [0.15, 0.2) is 41.2 Å². The van der Waals surface area contributed by atoms with Crippen molar-refractivity contribution >= 4 is 0 Å². The molecular weight excluding hydrogens is 228 g/mol. The highest BCUT2D eigenvalue weighted by atomic mass is 16.5. The SMILES string of the molecule is Cc1nc(-c2cccc(-c3cnn(C)c3)c2)no1. The minimum Gasteiger partial charge on any atom is -0.339 e. The lowest BCUT2D eigenvalue weighted by molar-refractivity contribution is 0.394. The van der Waals surface area contributed by atoms with E-state index in [0.717, 1.165) is 16.7 Å². The van der Waals surface area contributed by atoms with Gasteiger partial charge in [0.05, 0.1) is 6.20 Å². The molecule has 90 valence electrons. The number of aromatic nitrogens is 4. The molecule has 2 heterocycles. The van der Waals surface area contributed by atoms with Crippen molar-refractivity contribution in [2.45, 2.75) is 6.92 Å². The first-order valence-corrected chi connectivity index (χ1v) is 5.62. The van der Waals surface area contributed by atoms with Crippen molar-refractivity contribution in [2.75, 3.05) is 0 Å². The third kappa shape index (κ3) is 1.90. The summed E-state index contributed by atoms with van der Waals surface area (Å²) in [6.07, 6.45) is 3.81. The molecule has 5 nitrogen and oxygen atoms in total. The molecule has 0 aliphatic rings. The fourth-order valence-electron chi connectivity index (χ4n) is 1.82. The van der Waals surface area contributed by atoms with E-state index in [1.807, 2.05) is 43.7 Å². The molecule has 0 spiro atoms. The molecule has 0 aliphatic carbocycles. The smallest absolute Gasteiger partial charge is 0.223 e. The maximum absolute atomic E-state index is 4.99. The Morgan fingerprint density at radius 1 is 1.17 bits per heavy atom. The largest absolute Gasteiger partial charge is 0.339 e. The Kier molecular flexibility index (Phi) is 2.44. The van der Waals surface area contributed by atoms with Gasteiger partial charge in [0.1, 0.15) is 0 Å². The van der Waals surface area contributed by atoms with Gasteiger partial charge in [-0.3, -0.25) is 4.68 Å². The lowest BCUT2D eigenvalue weighted by Crippen LogP contribution is -1.84. The molecule has 0 radical (unpaired) electrons. The van der Waals surface area contributed by atoms with Crippen LogP contribution >= 0.6 is 0 Å². The maximum Gasteiger partial charge on any atom is 0.223 e. The van der Waals surface area contributed by atoms with Gasteiger partial charge in [0, 0.05) is 31.3 Å². The van der Waals surface area contributed by atoms with Crippen LogP contribution in [0.25, 0.3) is 22.5 Å². The molecule has 5 heteroatoms. The van der Waals surface area contributed by atoms with Gasteiger partial charge in [-0.05, 0) is 11.6 Å². The van der Waals surface area contributed by atoms with Crippen molar-refractivity contribution in [1.82, 2.24) is 19.9 Å². The minimum atomic E-state index is 0.566. The van der Waals surface area contributed by atoms with Crippen molar-refractivity contribution in [1.29, 1.82) is 0 Å². The van der Waals surface area contributed by atoms with E-state index in [9.17, 15) is 0 Å². The van der Waals surface area contributed by atoms with Gasteiger partial charge in [0.25, 0.3) is 0 Å². The molecule has 0 saturated carbocycles. The lowest BCUT2D eigenvalue weighted by atomic mass is 10.1. The second kappa shape index (κ2) is 4.10. The van der Waals surface area contributed by atoms with Crippen molar-refractivity contribution in [3.05, 3.63) is 42.5 Å². The van der Waals surface area contributed by atoms with E-state index in [4.69, 9.17) is 4.52 Å². The number of rotatable bonds is 2. The average molecular weight is 240 g/mol. The van der Waals surface area contributed by atoms with E-state index in [2.05, 4.69) is 15.2 Å².